The zero-order valence-corrected chi connectivity index (χ0v) is 24.0. The average Bonchev–Trinajstić information content (AvgIpc) is 3.47. The van der Waals surface area contributed by atoms with E-state index in [1.807, 2.05) is 60.9 Å². The average molecular weight is 583 g/mol. The number of carbonyl (C=O) groups is 2. The van der Waals surface area contributed by atoms with Crippen LogP contribution in [-0.4, -0.2) is 39.5 Å². The molecule has 8 nitrogen and oxygen atoms in total. The fourth-order valence-corrected chi connectivity index (χ4v) is 6.00. The molecular weight excluding hydrogens is 556 g/mol. The number of hydrogen-bond donors (Lipinski definition) is 1. The molecule has 4 rings (SSSR count). The number of thiophene rings is 1. The van der Waals surface area contributed by atoms with Crippen molar-refractivity contribution in [3.8, 4) is 16.9 Å². The van der Waals surface area contributed by atoms with Gasteiger partial charge in [0.15, 0.2) is 17.1 Å². The molecule has 0 saturated carbocycles. The SMILES string of the molecule is C=CCn1c(SCC(=O)Nc2sc(C)c(-c3ccccc3)c2C(=O)OC)nnc1C(C)Oc1cccc(Cl)c1. The Labute approximate surface area is 240 Å². The largest absolute Gasteiger partial charge is 0.483 e. The van der Waals surface area contributed by atoms with Gasteiger partial charge in [0.2, 0.25) is 5.91 Å². The smallest absolute Gasteiger partial charge is 0.341 e. The fraction of sp³-hybridized carbons (Fsp3) is 0.214. The maximum Gasteiger partial charge on any atom is 0.341 e. The minimum Gasteiger partial charge on any atom is -0.483 e. The number of aromatic nitrogens is 3. The first-order valence-electron chi connectivity index (χ1n) is 12.0. The Morgan fingerprint density at radius 2 is 1.97 bits per heavy atom. The number of nitrogens with zero attached hydrogens (tertiary/aromatic N) is 3. The second-order valence-electron chi connectivity index (χ2n) is 8.39. The lowest BCUT2D eigenvalue weighted by Crippen LogP contribution is -2.17. The van der Waals surface area contributed by atoms with Gasteiger partial charge in [-0.3, -0.25) is 9.36 Å². The monoisotopic (exact) mass is 582 g/mol. The van der Waals surface area contributed by atoms with Crippen LogP contribution in [0.25, 0.3) is 11.1 Å². The summed E-state index contributed by atoms with van der Waals surface area (Å²) in [6.07, 6.45) is 1.30. The summed E-state index contributed by atoms with van der Waals surface area (Å²) in [7, 11) is 1.33. The normalized spacial score (nSPS) is 11.6. The van der Waals surface area contributed by atoms with Crippen LogP contribution in [0.2, 0.25) is 5.02 Å². The molecule has 4 aromatic rings. The van der Waals surface area contributed by atoms with E-state index < -0.39 is 12.1 Å². The quantitative estimate of drug-likeness (QED) is 0.118. The van der Waals surface area contributed by atoms with Gasteiger partial charge in [-0.05, 0) is 37.6 Å². The summed E-state index contributed by atoms with van der Waals surface area (Å²) >= 11 is 8.64. The van der Waals surface area contributed by atoms with Crippen molar-refractivity contribution in [1.29, 1.82) is 0 Å². The van der Waals surface area contributed by atoms with Gasteiger partial charge in [0, 0.05) is 22.0 Å². The maximum atomic E-state index is 13.0. The molecule has 1 atom stereocenters. The number of aryl methyl sites for hydroxylation is 1. The van der Waals surface area contributed by atoms with Gasteiger partial charge in [-0.25, -0.2) is 4.79 Å². The van der Waals surface area contributed by atoms with Crippen LogP contribution < -0.4 is 10.1 Å². The van der Waals surface area contributed by atoms with Crippen LogP contribution in [0.1, 0.15) is 34.1 Å². The van der Waals surface area contributed by atoms with E-state index in [2.05, 4.69) is 22.1 Å². The number of esters is 1. The number of thioether (sulfide) groups is 1. The molecule has 2 aromatic carbocycles. The Hall–Kier alpha value is -3.60. The predicted molar refractivity (Wildman–Crippen MR) is 156 cm³/mol. The van der Waals surface area contributed by atoms with E-state index in [1.165, 1.54) is 30.2 Å². The number of methoxy groups -OCH3 is 1. The number of allylic oxidation sites excluding steroid dienone is 1. The molecule has 0 aliphatic rings. The number of rotatable bonds is 11. The fourth-order valence-electron chi connectivity index (χ4n) is 3.98. The summed E-state index contributed by atoms with van der Waals surface area (Å²) in [6.45, 7) is 8.04. The van der Waals surface area contributed by atoms with Gasteiger partial charge in [-0.15, -0.1) is 28.1 Å². The number of ether oxygens (including phenoxy) is 2. The molecule has 2 aromatic heterocycles. The van der Waals surface area contributed by atoms with Gasteiger partial charge in [-0.1, -0.05) is 65.8 Å². The van der Waals surface area contributed by atoms with Crippen molar-refractivity contribution in [2.75, 3.05) is 18.2 Å². The number of hydrogen-bond acceptors (Lipinski definition) is 8. The molecule has 0 aliphatic heterocycles. The highest BCUT2D eigenvalue weighted by molar-refractivity contribution is 7.99. The van der Waals surface area contributed by atoms with Gasteiger partial charge in [0.1, 0.15) is 16.3 Å². The van der Waals surface area contributed by atoms with Crippen molar-refractivity contribution < 1.29 is 19.1 Å². The molecule has 0 saturated heterocycles. The van der Waals surface area contributed by atoms with Crippen LogP contribution >= 0.6 is 34.7 Å². The molecule has 1 amide bonds. The van der Waals surface area contributed by atoms with Crippen molar-refractivity contribution in [1.82, 2.24) is 14.8 Å². The molecule has 0 bridgehead atoms. The Kier molecular flexibility index (Phi) is 9.45. The third-order valence-corrected chi connectivity index (χ3v) is 7.87. The molecule has 0 fully saturated rings. The number of benzene rings is 2. The van der Waals surface area contributed by atoms with E-state index >= 15 is 0 Å². The Balaban J connectivity index is 1.50. The first-order valence-corrected chi connectivity index (χ1v) is 14.2. The van der Waals surface area contributed by atoms with Crippen molar-refractivity contribution >= 4 is 51.6 Å². The number of carbonyl (C=O) groups excluding carboxylic acids is 2. The molecular formula is C28H27ClN4O4S2. The predicted octanol–water partition coefficient (Wildman–Crippen LogP) is 6.81. The van der Waals surface area contributed by atoms with E-state index in [0.29, 0.717) is 38.9 Å². The van der Waals surface area contributed by atoms with Crippen molar-refractivity contribution in [2.45, 2.75) is 31.7 Å². The minimum atomic E-state index is -0.509. The number of anilines is 1. The zero-order valence-electron chi connectivity index (χ0n) is 21.6. The standard InChI is InChI=1S/C28H27ClN4O4S2/c1-5-14-33-25(17(2)37-21-13-9-12-20(29)15-21)31-32-28(33)38-16-22(34)30-26-24(27(35)36-4)23(18(3)39-26)19-10-7-6-8-11-19/h5-13,15,17H,1,14,16H2,2-4H3,(H,30,34). The molecule has 0 spiro atoms. The Morgan fingerprint density at radius 3 is 2.67 bits per heavy atom. The van der Waals surface area contributed by atoms with Crippen LogP contribution in [0, 0.1) is 6.92 Å². The Morgan fingerprint density at radius 1 is 1.21 bits per heavy atom. The highest BCUT2D eigenvalue weighted by atomic mass is 35.5. The van der Waals surface area contributed by atoms with Crippen LogP contribution in [0.3, 0.4) is 0 Å². The van der Waals surface area contributed by atoms with Gasteiger partial charge >= 0.3 is 5.97 Å². The summed E-state index contributed by atoms with van der Waals surface area (Å²) in [5, 5.41) is 13.0. The lowest BCUT2D eigenvalue weighted by molar-refractivity contribution is -0.113. The van der Waals surface area contributed by atoms with E-state index in [1.54, 1.807) is 18.2 Å². The number of halogens is 1. The molecule has 2 heterocycles. The summed E-state index contributed by atoms with van der Waals surface area (Å²) in [5.74, 6) is 0.456. The second-order valence-corrected chi connectivity index (χ2v) is 11.0. The molecule has 1 N–H and O–H groups in total. The topological polar surface area (TPSA) is 95.3 Å². The zero-order chi connectivity index (χ0) is 27.9. The van der Waals surface area contributed by atoms with Crippen molar-refractivity contribution in [2.24, 2.45) is 0 Å². The van der Waals surface area contributed by atoms with Crippen LogP contribution in [-0.2, 0) is 16.1 Å². The molecule has 11 heteroatoms. The highest BCUT2D eigenvalue weighted by Crippen LogP contribution is 2.40. The van der Waals surface area contributed by atoms with Crippen molar-refractivity contribution in [3.63, 3.8) is 0 Å². The summed E-state index contributed by atoms with van der Waals surface area (Å²) in [6, 6.07) is 16.7. The van der Waals surface area contributed by atoms with E-state index in [4.69, 9.17) is 21.1 Å². The third-order valence-electron chi connectivity index (χ3n) is 5.65. The summed E-state index contributed by atoms with van der Waals surface area (Å²) < 4.78 is 12.9. The van der Waals surface area contributed by atoms with Gasteiger partial charge < -0.3 is 14.8 Å². The highest BCUT2D eigenvalue weighted by Gasteiger charge is 2.26. The Bertz CT molecular complexity index is 1490. The molecule has 39 heavy (non-hydrogen) atoms. The molecule has 0 radical (unpaired) electrons. The van der Waals surface area contributed by atoms with Gasteiger partial charge in [0.25, 0.3) is 0 Å². The minimum absolute atomic E-state index is 0.0526. The number of amides is 1. The van der Waals surface area contributed by atoms with E-state index in [-0.39, 0.29) is 11.7 Å². The summed E-state index contributed by atoms with van der Waals surface area (Å²) in [4.78, 5) is 26.6. The third kappa shape index (κ3) is 6.70. The number of nitrogens with one attached hydrogen (secondary N) is 1. The lowest BCUT2D eigenvalue weighted by atomic mass is 10.0. The molecule has 0 aliphatic carbocycles. The lowest BCUT2D eigenvalue weighted by Gasteiger charge is -2.16. The second kappa shape index (κ2) is 13.0. The van der Waals surface area contributed by atoms with Crippen molar-refractivity contribution in [3.05, 3.63) is 88.5 Å². The van der Waals surface area contributed by atoms with Crippen LogP contribution in [0.5, 0.6) is 5.75 Å². The van der Waals surface area contributed by atoms with Gasteiger partial charge in [-0.2, -0.15) is 0 Å². The van der Waals surface area contributed by atoms with Crippen LogP contribution in [0.15, 0.2) is 72.4 Å². The molecule has 202 valence electrons. The summed E-state index contributed by atoms with van der Waals surface area (Å²) in [5.41, 5.74) is 1.97. The first-order chi connectivity index (χ1) is 18.8. The van der Waals surface area contributed by atoms with E-state index in [9.17, 15) is 9.59 Å². The van der Waals surface area contributed by atoms with Crippen LogP contribution in [0.4, 0.5) is 5.00 Å². The maximum absolute atomic E-state index is 13.0. The first kappa shape index (κ1) is 28.4. The molecule has 1 unspecified atom stereocenters. The van der Waals surface area contributed by atoms with Gasteiger partial charge in [0.05, 0.1) is 12.9 Å². The van der Waals surface area contributed by atoms with E-state index in [0.717, 1.165) is 16.0 Å².